The minimum atomic E-state index is -0.123. The molecule has 1 N–H and O–H groups in total. The Morgan fingerprint density at radius 2 is 2.55 bits per heavy atom. The molecule has 1 amide bonds. The number of allylic oxidation sites excluding steroid dienone is 1. The van der Waals surface area contributed by atoms with Crippen LogP contribution < -0.4 is 5.32 Å². The van der Waals surface area contributed by atoms with E-state index in [4.69, 9.17) is 0 Å². The van der Waals surface area contributed by atoms with Crippen LogP contribution in [0, 0.1) is 5.41 Å². The van der Waals surface area contributed by atoms with E-state index in [1.807, 2.05) is 6.08 Å². The SMILES string of the molecule is C=CC[C@@]1(CC)CCNC1=O. The van der Waals surface area contributed by atoms with Crippen LogP contribution in [-0.4, -0.2) is 12.5 Å². The number of carbonyl (C=O) groups is 1. The largest absolute Gasteiger partial charge is 0.356 e. The molecule has 1 rings (SSSR count). The Labute approximate surface area is 67.7 Å². The summed E-state index contributed by atoms with van der Waals surface area (Å²) in [5, 5.41) is 2.86. The topological polar surface area (TPSA) is 29.1 Å². The van der Waals surface area contributed by atoms with Gasteiger partial charge in [0.1, 0.15) is 0 Å². The molecule has 2 nitrogen and oxygen atoms in total. The van der Waals surface area contributed by atoms with Gasteiger partial charge in [0, 0.05) is 6.54 Å². The fourth-order valence-corrected chi connectivity index (χ4v) is 1.67. The Kier molecular flexibility index (Phi) is 2.32. The number of nitrogens with one attached hydrogen (secondary N) is 1. The van der Waals surface area contributed by atoms with Crippen molar-refractivity contribution in [1.29, 1.82) is 0 Å². The lowest BCUT2D eigenvalue weighted by atomic mass is 9.80. The van der Waals surface area contributed by atoms with Crippen LogP contribution in [0.3, 0.4) is 0 Å². The van der Waals surface area contributed by atoms with Gasteiger partial charge < -0.3 is 5.32 Å². The standard InChI is InChI=1S/C9H15NO/c1-3-5-9(4-2)6-7-10-8(9)11/h3H,1,4-7H2,2H3,(H,10,11)/t9-/m0/s1. The third kappa shape index (κ3) is 1.30. The summed E-state index contributed by atoms with van der Waals surface area (Å²) in [5.41, 5.74) is -0.123. The van der Waals surface area contributed by atoms with Crippen LogP contribution in [0.25, 0.3) is 0 Å². The molecule has 0 unspecified atom stereocenters. The van der Waals surface area contributed by atoms with Gasteiger partial charge in [0.15, 0.2) is 0 Å². The van der Waals surface area contributed by atoms with Gasteiger partial charge in [-0.1, -0.05) is 13.0 Å². The molecule has 2 heteroatoms. The van der Waals surface area contributed by atoms with Gasteiger partial charge in [0.2, 0.25) is 5.91 Å². The van der Waals surface area contributed by atoms with Gasteiger partial charge in [0.05, 0.1) is 5.41 Å². The van der Waals surface area contributed by atoms with E-state index in [0.29, 0.717) is 0 Å². The second kappa shape index (κ2) is 3.07. The minimum absolute atomic E-state index is 0.123. The van der Waals surface area contributed by atoms with Crippen LogP contribution in [-0.2, 0) is 4.79 Å². The second-order valence-electron chi connectivity index (χ2n) is 3.13. The van der Waals surface area contributed by atoms with Gasteiger partial charge in [-0.3, -0.25) is 4.79 Å². The van der Waals surface area contributed by atoms with Crippen LogP contribution in [0.5, 0.6) is 0 Å². The molecule has 0 bridgehead atoms. The highest BCUT2D eigenvalue weighted by atomic mass is 16.2. The van der Waals surface area contributed by atoms with Crippen molar-refractivity contribution >= 4 is 5.91 Å². The molecule has 1 heterocycles. The summed E-state index contributed by atoms with van der Waals surface area (Å²) in [6.07, 6.45) is 4.54. The van der Waals surface area contributed by atoms with E-state index in [2.05, 4.69) is 18.8 Å². The van der Waals surface area contributed by atoms with Gasteiger partial charge in [-0.25, -0.2) is 0 Å². The zero-order valence-electron chi connectivity index (χ0n) is 7.02. The van der Waals surface area contributed by atoms with Crippen molar-refractivity contribution in [2.75, 3.05) is 6.54 Å². The average Bonchev–Trinajstić information content (AvgIpc) is 2.35. The summed E-state index contributed by atoms with van der Waals surface area (Å²) in [4.78, 5) is 11.4. The van der Waals surface area contributed by atoms with Crippen LogP contribution in [0.2, 0.25) is 0 Å². The van der Waals surface area contributed by atoms with Crippen LogP contribution >= 0.6 is 0 Å². The quantitative estimate of drug-likeness (QED) is 0.611. The van der Waals surface area contributed by atoms with Crippen molar-refractivity contribution in [2.24, 2.45) is 5.41 Å². The Bertz CT molecular complexity index is 176. The Morgan fingerprint density at radius 3 is 2.91 bits per heavy atom. The van der Waals surface area contributed by atoms with E-state index in [9.17, 15) is 4.79 Å². The smallest absolute Gasteiger partial charge is 0.226 e. The van der Waals surface area contributed by atoms with Crippen LogP contribution in [0.4, 0.5) is 0 Å². The van der Waals surface area contributed by atoms with Gasteiger partial charge in [0.25, 0.3) is 0 Å². The predicted molar refractivity (Wildman–Crippen MR) is 45.2 cm³/mol. The molecule has 0 saturated carbocycles. The molecule has 0 radical (unpaired) electrons. The van der Waals surface area contributed by atoms with Crippen molar-refractivity contribution in [3.8, 4) is 0 Å². The minimum Gasteiger partial charge on any atom is -0.356 e. The predicted octanol–water partition coefficient (Wildman–Crippen LogP) is 1.48. The number of hydrogen-bond donors (Lipinski definition) is 1. The van der Waals surface area contributed by atoms with E-state index in [1.165, 1.54) is 0 Å². The van der Waals surface area contributed by atoms with Gasteiger partial charge in [-0.05, 0) is 19.3 Å². The van der Waals surface area contributed by atoms with E-state index < -0.39 is 0 Å². The first-order valence-corrected chi connectivity index (χ1v) is 4.14. The summed E-state index contributed by atoms with van der Waals surface area (Å²) in [7, 11) is 0. The molecular weight excluding hydrogens is 138 g/mol. The fraction of sp³-hybridized carbons (Fsp3) is 0.667. The maximum Gasteiger partial charge on any atom is 0.226 e. The highest BCUT2D eigenvalue weighted by molar-refractivity contribution is 5.84. The molecular formula is C9H15NO. The molecule has 0 spiro atoms. The molecule has 1 saturated heterocycles. The molecule has 62 valence electrons. The average molecular weight is 153 g/mol. The molecule has 0 aliphatic carbocycles. The van der Waals surface area contributed by atoms with E-state index in [0.717, 1.165) is 25.8 Å². The molecule has 1 aliphatic rings. The fourth-order valence-electron chi connectivity index (χ4n) is 1.67. The van der Waals surface area contributed by atoms with Crippen LogP contribution in [0.1, 0.15) is 26.2 Å². The first-order valence-electron chi connectivity index (χ1n) is 4.14. The third-order valence-electron chi connectivity index (χ3n) is 2.58. The van der Waals surface area contributed by atoms with Crippen molar-refractivity contribution in [3.05, 3.63) is 12.7 Å². The summed E-state index contributed by atoms with van der Waals surface area (Å²) in [6, 6.07) is 0. The maximum absolute atomic E-state index is 11.4. The number of amides is 1. The van der Waals surface area contributed by atoms with Crippen molar-refractivity contribution in [2.45, 2.75) is 26.2 Å². The maximum atomic E-state index is 11.4. The zero-order valence-corrected chi connectivity index (χ0v) is 7.02. The molecule has 0 aromatic rings. The summed E-state index contributed by atoms with van der Waals surface area (Å²) < 4.78 is 0. The normalized spacial score (nSPS) is 30.1. The molecule has 1 aliphatic heterocycles. The van der Waals surface area contributed by atoms with E-state index >= 15 is 0 Å². The molecule has 1 fully saturated rings. The Hall–Kier alpha value is -0.790. The molecule has 0 aromatic carbocycles. The Balaban J connectivity index is 2.72. The van der Waals surface area contributed by atoms with E-state index in [1.54, 1.807) is 0 Å². The lowest BCUT2D eigenvalue weighted by Crippen LogP contribution is -2.29. The summed E-state index contributed by atoms with van der Waals surface area (Å²) >= 11 is 0. The van der Waals surface area contributed by atoms with E-state index in [-0.39, 0.29) is 11.3 Å². The first kappa shape index (κ1) is 8.31. The van der Waals surface area contributed by atoms with Gasteiger partial charge in [-0.15, -0.1) is 6.58 Å². The number of carbonyl (C=O) groups excluding carboxylic acids is 1. The zero-order chi connectivity index (χ0) is 8.32. The number of hydrogen-bond acceptors (Lipinski definition) is 1. The van der Waals surface area contributed by atoms with Crippen molar-refractivity contribution in [3.63, 3.8) is 0 Å². The molecule has 11 heavy (non-hydrogen) atoms. The lowest BCUT2D eigenvalue weighted by Gasteiger charge is -2.21. The van der Waals surface area contributed by atoms with Crippen LogP contribution in [0.15, 0.2) is 12.7 Å². The lowest BCUT2D eigenvalue weighted by molar-refractivity contribution is -0.127. The number of rotatable bonds is 3. The van der Waals surface area contributed by atoms with Gasteiger partial charge >= 0.3 is 0 Å². The van der Waals surface area contributed by atoms with Crippen molar-refractivity contribution < 1.29 is 4.79 Å². The Morgan fingerprint density at radius 1 is 1.82 bits per heavy atom. The monoisotopic (exact) mass is 153 g/mol. The summed E-state index contributed by atoms with van der Waals surface area (Å²) in [5.74, 6) is 0.208. The third-order valence-corrected chi connectivity index (χ3v) is 2.58. The van der Waals surface area contributed by atoms with Crippen molar-refractivity contribution in [1.82, 2.24) is 5.32 Å². The molecule has 1 atom stereocenters. The second-order valence-corrected chi connectivity index (χ2v) is 3.13. The first-order chi connectivity index (χ1) is 5.25. The molecule has 0 aromatic heterocycles. The summed E-state index contributed by atoms with van der Waals surface area (Å²) in [6.45, 7) is 6.57. The highest BCUT2D eigenvalue weighted by Crippen LogP contribution is 2.34. The van der Waals surface area contributed by atoms with Gasteiger partial charge in [-0.2, -0.15) is 0 Å². The highest BCUT2D eigenvalue weighted by Gasteiger charge is 2.39.